The van der Waals surface area contributed by atoms with Gasteiger partial charge in [0.1, 0.15) is 29.7 Å². The summed E-state index contributed by atoms with van der Waals surface area (Å²) in [4.78, 5) is 49.5. The Morgan fingerprint density at radius 2 is 1.41 bits per heavy atom. The minimum Gasteiger partial charge on any atom is -0.507 e. The van der Waals surface area contributed by atoms with Crippen molar-refractivity contribution in [2.45, 2.75) is 123 Å². The Bertz CT molecular complexity index is 1630. The second-order valence-corrected chi connectivity index (χ2v) is 13.6. The lowest BCUT2D eigenvalue weighted by Gasteiger charge is -2.16. The molecule has 0 radical (unpaired) electrons. The number of cyclic esters (lactones) is 1. The molecule has 0 spiro atoms. The fourth-order valence-corrected chi connectivity index (χ4v) is 6.02. The zero-order valence-electron chi connectivity index (χ0n) is 34.2. The maximum Gasteiger partial charge on any atom is 0.342 e. The average molecular weight is 773 g/mol. The molecule has 1 unspecified atom stereocenters. The van der Waals surface area contributed by atoms with Crippen molar-refractivity contribution in [2.75, 3.05) is 20.8 Å². The van der Waals surface area contributed by atoms with E-state index >= 15 is 0 Å². The summed E-state index contributed by atoms with van der Waals surface area (Å²) in [6.07, 6.45) is 36.9. The number of methoxy groups -OCH3 is 2. The number of hydrogen-bond donors (Lipinski definition) is 3. The van der Waals surface area contributed by atoms with E-state index in [1.54, 1.807) is 0 Å². The van der Waals surface area contributed by atoms with Gasteiger partial charge >= 0.3 is 11.9 Å². The lowest BCUT2D eigenvalue weighted by atomic mass is 9.94. The fourth-order valence-electron chi connectivity index (χ4n) is 6.02. The van der Waals surface area contributed by atoms with E-state index in [0.29, 0.717) is 68.4 Å². The first-order valence-corrected chi connectivity index (χ1v) is 19.9. The summed E-state index contributed by atoms with van der Waals surface area (Å²) >= 11 is 0. The molecule has 0 bridgehead atoms. The first kappa shape index (κ1) is 47.0. The van der Waals surface area contributed by atoms with Crippen LogP contribution >= 0.6 is 0 Å². The standard InChI is InChI=1S/C46H64N2O8/c1-6-7-8-9-10-11-12-13-14-15-16-17-18-19-20-21-22-23-24-28-41(50)48-39(45(52)55-5)27-25-26-33-47-40(49)32-30-35(2)29-31-37-43(51)42-38(34-56-46(42)53)36(3)44(37)54-4/h7-8,10-11,13-14,16-17,19-20,22-23,29,39,51H,6,9,12,15,18,21,24-28,30-34H2,1-5H3,(H,47,49)(H,48,50)/b8-7-,11-10-,14-13-,17-16-,20-19-,23-22-,35-29+. The lowest BCUT2D eigenvalue weighted by molar-refractivity contribution is -0.145. The number of hydrogen-bond acceptors (Lipinski definition) is 8. The van der Waals surface area contributed by atoms with Crippen LogP contribution in [0.4, 0.5) is 0 Å². The normalized spacial score (nSPS) is 13.8. The summed E-state index contributed by atoms with van der Waals surface area (Å²) in [5.41, 5.74) is 3.07. The molecule has 3 N–H and O–H groups in total. The van der Waals surface area contributed by atoms with Gasteiger partial charge in [-0.05, 0) is 96.5 Å². The topological polar surface area (TPSA) is 140 Å². The van der Waals surface area contributed by atoms with Gasteiger partial charge in [-0.15, -0.1) is 0 Å². The van der Waals surface area contributed by atoms with E-state index in [2.05, 4.69) is 78.3 Å². The van der Waals surface area contributed by atoms with Crippen molar-refractivity contribution < 1.29 is 38.5 Å². The smallest absolute Gasteiger partial charge is 0.342 e. The average Bonchev–Trinajstić information content (AvgIpc) is 3.59. The fraction of sp³-hybridized carbons (Fsp3) is 0.478. The van der Waals surface area contributed by atoms with Gasteiger partial charge in [0.2, 0.25) is 11.8 Å². The molecule has 0 aromatic heterocycles. The van der Waals surface area contributed by atoms with Crippen molar-refractivity contribution in [3.63, 3.8) is 0 Å². The van der Waals surface area contributed by atoms with Gasteiger partial charge in [0.05, 0.1) is 14.2 Å². The van der Waals surface area contributed by atoms with Gasteiger partial charge in [0.15, 0.2) is 0 Å². The summed E-state index contributed by atoms with van der Waals surface area (Å²) in [7, 11) is 2.83. The highest BCUT2D eigenvalue weighted by Gasteiger charge is 2.32. The van der Waals surface area contributed by atoms with Crippen LogP contribution < -0.4 is 15.4 Å². The van der Waals surface area contributed by atoms with Crippen LogP contribution in [0.3, 0.4) is 0 Å². The summed E-state index contributed by atoms with van der Waals surface area (Å²) in [5.74, 6) is -0.932. The number of ether oxygens (including phenoxy) is 3. The molecule has 10 heteroatoms. The van der Waals surface area contributed by atoms with E-state index in [4.69, 9.17) is 14.2 Å². The second-order valence-electron chi connectivity index (χ2n) is 13.6. The quantitative estimate of drug-likeness (QED) is 0.0457. The molecule has 1 aromatic rings. The van der Waals surface area contributed by atoms with Crippen LogP contribution in [0, 0.1) is 6.92 Å². The van der Waals surface area contributed by atoms with Gasteiger partial charge in [0.25, 0.3) is 0 Å². The molecule has 1 aromatic carbocycles. The molecular formula is C46H64N2O8. The van der Waals surface area contributed by atoms with Crippen LogP contribution in [0.25, 0.3) is 0 Å². The molecule has 0 saturated carbocycles. The number of unbranched alkanes of at least 4 members (excludes halogenated alkanes) is 1. The molecule has 306 valence electrons. The lowest BCUT2D eigenvalue weighted by Crippen LogP contribution is -2.41. The van der Waals surface area contributed by atoms with Gasteiger partial charge in [-0.2, -0.15) is 0 Å². The number of benzene rings is 1. The molecule has 0 fully saturated rings. The number of carbonyl (C=O) groups excluding carboxylic acids is 4. The van der Waals surface area contributed by atoms with Crippen LogP contribution in [-0.2, 0) is 36.9 Å². The number of fused-ring (bicyclic) bond motifs is 1. The third-order valence-corrected chi connectivity index (χ3v) is 9.25. The zero-order valence-corrected chi connectivity index (χ0v) is 34.2. The number of nitrogens with one attached hydrogen (secondary N) is 2. The number of rotatable bonds is 27. The van der Waals surface area contributed by atoms with Crippen LogP contribution in [0.1, 0.15) is 124 Å². The largest absolute Gasteiger partial charge is 0.507 e. The van der Waals surface area contributed by atoms with Crippen molar-refractivity contribution in [2.24, 2.45) is 0 Å². The van der Waals surface area contributed by atoms with Crippen LogP contribution in [0.5, 0.6) is 11.5 Å². The highest BCUT2D eigenvalue weighted by atomic mass is 16.5. The predicted molar refractivity (Wildman–Crippen MR) is 223 cm³/mol. The number of allylic oxidation sites excluding steroid dienone is 14. The van der Waals surface area contributed by atoms with E-state index in [9.17, 15) is 24.3 Å². The Morgan fingerprint density at radius 1 is 0.821 bits per heavy atom. The minimum absolute atomic E-state index is 0.0958. The molecule has 1 heterocycles. The summed E-state index contributed by atoms with van der Waals surface area (Å²) in [6, 6.07) is -0.737. The first-order chi connectivity index (χ1) is 27.1. The second kappa shape index (κ2) is 28.3. The van der Waals surface area contributed by atoms with Crippen molar-refractivity contribution in [1.29, 1.82) is 0 Å². The number of phenols is 1. The molecule has 1 aliphatic heterocycles. The van der Waals surface area contributed by atoms with Crippen LogP contribution in [0.15, 0.2) is 84.6 Å². The zero-order chi connectivity index (χ0) is 41.0. The molecule has 2 rings (SSSR count). The van der Waals surface area contributed by atoms with E-state index in [-0.39, 0.29) is 36.2 Å². The Morgan fingerprint density at radius 3 is 1.98 bits per heavy atom. The SMILES string of the molecule is CC/C=C\C/C=C\C/C=C\C/C=C\C/C=C\C/C=C\CCC(=O)NC(CCCCNC(=O)CC/C(C)=C/Cc1c(O)c2c(c(C)c1OC)COC2=O)C(=O)OC. The van der Waals surface area contributed by atoms with Gasteiger partial charge < -0.3 is 30.0 Å². The van der Waals surface area contributed by atoms with Gasteiger partial charge in [-0.3, -0.25) is 9.59 Å². The number of phenolic OH excluding ortho intramolecular Hbond substituents is 1. The minimum atomic E-state index is -0.737. The van der Waals surface area contributed by atoms with Crippen molar-refractivity contribution in [3.8, 4) is 11.5 Å². The summed E-state index contributed by atoms with van der Waals surface area (Å²) < 4.78 is 15.6. The Kier molecular flexibility index (Phi) is 23.8. The van der Waals surface area contributed by atoms with Gasteiger partial charge in [0, 0.05) is 30.5 Å². The van der Waals surface area contributed by atoms with E-state index in [0.717, 1.165) is 49.7 Å². The highest BCUT2D eigenvalue weighted by Crippen LogP contribution is 2.42. The van der Waals surface area contributed by atoms with Gasteiger partial charge in [-0.25, -0.2) is 9.59 Å². The van der Waals surface area contributed by atoms with E-state index in [1.807, 2.05) is 32.1 Å². The van der Waals surface area contributed by atoms with Crippen molar-refractivity contribution >= 4 is 23.8 Å². The maximum absolute atomic E-state index is 12.5. The summed E-state index contributed by atoms with van der Waals surface area (Å²) in [6.45, 7) is 6.45. The molecule has 1 atom stereocenters. The molecule has 0 aliphatic carbocycles. The molecular weight excluding hydrogens is 709 g/mol. The summed E-state index contributed by atoms with van der Waals surface area (Å²) in [5, 5.41) is 16.5. The number of amides is 2. The monoisotopic (exact) mass is 772 g/mol. The Labute approximate surface area is 334 Å². The van der Waals surface area contributed by atoms with Crippen LogP contribution in [0.2, 0.25) is 0 Å². The third-order valence-electron chi connectivity index (χ3n) is 9.25. The Balaban J connectivity index is 1.61. The van der Waals surface area contributed by atoms with E-state index in [1.165, 1.54) is 14.2 Å². The van der Waals surface area contributed by atoms with Crippen LogP contribution in [-0.4, -0.2) is 55.7 Å². The number of carbonyl (C=O) groups is 4. The molecule has 10 nitrogen and oxygen atoms in total. The molecule has 1 aliphatic rings. The highest BCUT2D eigenvalue weighted by molar-refractivity contribution is 5.98. The number of aromatic hydroxyl groups is 1. The predicted octanol–water partition coefficient (Wildman–Crippen LogP) is 9.07. The number of esters is 2. The molecule has 2 amide bonds. The Hall–Kier alpha value is -5.12. The van der Waals surface area contributed by atoms with E-state index < -0.39 is 18.0 Å². The van der Waals surface area contributed by atoms with Crippen molar-refractivity contribution in [1.82, 2.24) is 10.6 Å². The maximum atomic E-state index is 12.5. The first-order valence-electron chi connectivity index (χ1n) is 19.9. The molecule has 0 saturated heterocycles. The third kappa shape index (κ3) is 18.0. The molecule has 56 heavy (non-hydrogen) atoms. The van der Waals surface area contributed by atoms with Gasteiger partial charge in [-0.1, -0.05) is 91.5 Å². The van der Waals surface area contributed by atoms with Crippen molar-refractivity contribution in [3.05, 3.63) is 107 Å².